The lowest BCUT2D eigenvalue weighted by atomic mass is 10.4. The van der Waals surface area contributed by atoms with Crippen molar-refractivity contribution in [3.05, 3.63) is 28.2 Å². The van der Waals surface area contributed by atoms with Crippen LogP contribution in [0.25, 0.3) is 0 Å². The summed E-state index contributed by atoms with van der Waals surface area (Å²) in [6.07, 6.45) is 0.560. The van der Waals surface area contributed by atoms with Crippen molar-refractivity contribution in [3.63, 3.8) is 0 Å². The van der Waals surface area contributed by atoms with Crippen molar-refractivity contribution in [1.82, 2.24) is 4.98 Å². The number of carbonyl (C=O) groups is 1. The summed E-state index contributed by atoms with van der Waals surface area (Å²) < 4.78 is 12.5. The summed E-state index contributed by atoms with van der Waals surface area (Å²) >= 11 is 2.84. The molecule has 1 aromatic heterocycles. The van der Waals surface area contributed by atoms with E-state index in [0.717, 1.165) is 7.11 Å². The third kappa shape index (κ3) is 3.06. The fraction of sp³-hybridized carbons (Fsp3) is 0.143. The molecule has 0 aliphatic rings. The molecule has 0 saturated heterocycles. The van der Waals surface area contributed by atoms with Crippen LogP contribution in [0.4, 0.5) is 4.39 Å². The Labute approximate surface area is 77.4 Å². The lowest BCUT2D eigenvalue weighted by Gasteiger charge is -1.91. The number of pyridine rings is 1. The van der Waals surface area contributed by atoms with Gasteiger partial charge in [-0.1, -0.05) is 0 Å². The number of aliphatic hydroxyl groups is 1. The highest BCUT2D eigenvalue weighted by Gasteiger charge is 1.99. The zero-order chi connectivity index (χ0) is 9.56. The molecule has 0 aliphatic heterocycles. The molecule has 1 heterocycles. The quantitative estimate of drug-likeness (QED) is 0.592. The van der Waals surface area contributed by atoms with E-state index < -0.39 is 5.82 Å². The molecule has 0 aromatic carbocycles. The Hall–Kier alpha value is -0.810. The zero-order valence-corrected chi connectivity index (χ0v) is 7.88. The minimum absolute atomic E-state index is 0.0668. The van der Waals surface area contributed by atoms with E-state index in [2.05, 4.69) is 20.9 Å². The van der Waals surface area contributed by atoms with Gasteiger partial charge in [0.25, 0.3) is 0 Å². The molecule has 66 valence electrons. The average molecular weight is 236 g/mol. The van der Waals surface area contributed by atoms with E-state index in [1.54, 1.807) is 0 Å². The van der Waals surface area contributed by atoms with E-state index in [1.807, 2.05) is 0 Å². The van der Waals surface area contributed by atoms with Crippen LogP contribution in [0, 0.1) is 5.82 Å². The van der Waals surface area contributed by atoms with E-state index >= 15 is 0 Å². The summed E-state index contributed by atoms with van der Waals surface area (Å²) in [6, 6.07) is 2.49. The first-order valence-electron chi connectivity index (χ1n) is 2.96. The second-order valence-electron chi connectivity index (χ2n) is 1.63. The predicted molar refractivity (Wildman–Crippen MR) is 45.4 cm³/mol. The SMILES string of the molecule is CO.O=Cc1ccc(F)c(Br)n1. The van der Waals surface area contributed by atoms with Crippen LogP contribution in [0.3, 0.4) is 0 Å². The number of hydrogen-bond donors (Lipinski definition) is 1. The number of aldehydes is 1. The molecule has 1 aromatic rings. The Bertz CT molecular complexity index is 268. The molecular formula is C7H7BrFNO2. The number of nitrogens with zero attached hydrogens (tertiary/aromatic N) is 1. The van der Waals surface area contributed by atoms with Crippen LogP contribution in [-0.2, 0) is 0 Å². The molecule has 0 radical (unpaired) electrons. The minimum atomic E-state index is -0.467. The van der Waals surface area contributed by atoms with Gasteiger partial charge in [-0.2, -0.15) is 0 Å². The molecule has 0 fully saturated rings. The van der Waals surface area contributed by atoms with Crippen LogP contribution < -0.4 is 0 Å². The maximum atomic E-state index is 12.4. The fourth-order valence-electron chi connectivity index (χ4n) is 0.497. The van der Waals surface area contributed by atoms with Crippen molar-refractivity contribution in [1.29, 1.82) is 0 Å². The second-order valence-corrected chi connectivity index (χ2v) is 2.38. The molecule has 5 heteroatoms. The van der Waals surface area contributed by atoms with Gasteiger partial charge >= 0.3 is 0 Å². The molecule has 0 spiro atoms. The molecule has 0 atom stereocenters. The first-order valence-corrected chi connectivity index (χ1v) is 3.75. The van der Waals surface area contributed by atoms with Gasteiger partial charge in [0.05, 0.1) is 0 Å². The summed E-state index contributed by atoms with van der Waals surface area (Å²) in [5, 5.41) is 7.00. The Morgan fingerprint density at radius 1 is 1.58 bits per heavy atom. The molecule has 12 heavy (non-hydrogen) atoms. The van der Waals surface area contributed by atoms with Gasteiger partial charge in [-0.3, -0.25) is 4.79 Å². The largest absolute Gasteiger partial charge is 0.400 e. The summed E-state index contributed by atoms with van der Waals surface area (Å²) in [6.45, 7) is 0. The van der Waals surface area contributed by atoms with Gasteiger partial charge in [0, 0.05) is 7.11 Å². The second kappa shape index (κ2) is 5.79. The summed E-state index contributed by atoms with van der Waals surface area (Å²) in [7, 11) is 1.00. The van der Waals surface area contributed by atoms with E-state index in [9.17, 15) is 9.18 Å². The van der Waals surface area contributed by atoms with Crippen molar-refractivity contribution in [2.24, 2.45) is 0 Å². The summed E-state index contributed by atoms with van der Waals surface area (Å²) in [4.78, 5) is 13.6. The third-order valence-electron chi connectivity index (χ3n) is 0.946. The Balaban J connectivity index is 0.000000561. The van der Waals surface area contributed by atoms with Crippen LogP contribution >= 0.6 is 15.9 Å². The highest BCUT2D eigenvalue weighted by molar-refractivity contribution is 9.10. The minimum Gasteiger partial charge on any atom is -0.400 e. The van der Waals surface area contributed by atoms with Crippen LogP contribution in [0.15, 0.2) is 16.7 Å². The molecule has 0 amide bonds. The van der Waals surface area contributed by atoms with Gasteiger partial charge in [0.1, 0.15) is 10.3 Å². The molecule has 1 rings (SSSR count). The molecule has 0 aliphatic carbocycles. The highest BCUT2D eigenvalue weighted by atomic mass is 79.9. The van der Waals surface area contributed by atoms with Crippen LogP contribution in [0.1, 0.15) is 10.5 Å². The van der Waals surface area contributed by atoms with Crippen LogP contribution in [0.2, 0.25) is 0 Å². The topological polar surface area (TPSA) is 50.2 Å². The molecule has 3 nitrogen and oxygen atoms in total. The number of aromatic nitrogens is 1. The molecular weight excluding hydrogens is 229 g/mol. The van der Waals surface area contributed by atoms with Crippen molar-refractivity contribution in [2.75, 3.05) is 7.11 Å². The number of hydrogen-bond acceptors (Lipinski definition) is 3. The van der Waals surface area contributed by atoms with Gasteiger partial charge in [-0.05, 0) is 28.1 Å². The van der Waals surface area contributed by atoms with Crippen molar-refractivity contribution in [3.8, 4) is 0 Å². The Morgan fingerprint density at radius 3 is 2.58 bits per heavy atom. The normalized spacial score (nSPS) is 8.33. The van der Waals surface area contributed by atoms with Crippen LogP contribution in [-0.4, -0.2) is 23.5 Å². The number of halogens is 2. The van der Waals surface area contributed by atoms with Crippen molar-refractivity contribution in [2.45, 2.75) is 0 Å². The molecule has 0 saturated carbocycles. The summed E-state index contributed by atoms with van der Waals surface area (Å²) in [5.74, 6) is -0.467. The molecule has 0 bridgehead atoms. The lowest BCUT2D eigenvalue weighted by Crippen LogP contribution is -1.88. The van der Waals surface area contributed by atoms with E-state index in [4.69, 9.17) is 5.11 Å². The first-order chi connectivity index (χ1) is 5.74. The van der Waals surface area contributed by atoms with Gasteiger partial charge in [0.2, 0.25) is 0 Å². The molecule has 0 unspecified atom stereocenters. The number of carbonyl (C=O) groups excluding carboxylic acids is 1. The van der Waals surface area contributed by atoms with E-state index in [-0.39, 0.29) is 10.3 Å². The smallest absolute Gasteiger partial charge is 0.168 e. The van der Waals surface area contributed by atoms with Crippen LogP contribution in [0.5, 0.6) is 0 Å². The standard InChI is InChI=1S/C6H3BrFNO.CH4O/c7-6-5(8)2-1-4(3-10)9-6;1-2/h1-3H;2H,1H3. The predicted octanol–water partition coefficient (Wildman–Crippen LogP) is 1.40. The first kappa shape index (κ1) is 11.2. The Kier molecular flexibility index (Phi) is 5.40. The van der Waals surface area contributed by atoms with Gasteiger partial charge in [-0.25, -0.2) is 9.37 Å². The third-order valence-corrected chi connectivity index (χ3v) is 1.50. The maximum absolute atomic E-state index is 12.4. The van der Waals surface area contributed by atoms with E-state index in [0.29, 0.717) is 6.29 Å². The van der Waals surface area contributed by atoms with Crippen molar-refractivity contribution >= 4 is 22.2 Å². The summed E-state index contributed by atoms with van der Waals surface area (Å²) in [5.41, 5.74) is 0.216. The van der Waals surface area contributed by atoms with Gasteiger partial charge in [-0.15, -0.1) is 0 Å². The number of rotatable bonds is 1. The maximum Gasteiger partial charge on any atom is 0.168 e. The average Bonchev–Trinajstić information content (AvgIpc) is 2.13. The van der Waals surface area contributed by atoms with Gasteiger partial charge < -0.3 is 5.11 Å². The number of aliphatic hydroxyl groups excluding tert-OH is 1. The zero-order valence-electron chi connectivity index (χ0n) is 6.29. The lowest BCUT2D eigenvalue weighted by molar-refractivity contribution is 0.111. The monoisotopic (exact) mass is 235 g/mol. The Morgan fingerprint density at radius 2 is 2.17 bits per heavy atom. The molecule has 1 N–H and O–H groups in total. The van der Waals surface area contributed by atoms with E-state index in [1.165, 1.54) is 12.1 Å². The highest BCUT2D eigenvalue weighted by Crippen LogP contribution is 2.10. The van der Waals surface area contributed by atoms with Crippen molar-refractivity contribution < 1.29 is 14.3 Å². The fourth-order valence-corrected chi connectivity index (χ4v) is 0.834. The van der Waals surface area contributed by atoms with Gasteiger partial charge in [0.15, 0.2) is 12.1 Å².